The maximum Gasteiger partial charge on any atom is 0.350 e. The molecule has 0 radical (unpaired) electrons. The molecule has 1 N–H and O–H groups in total. The highest BCUT2D eigenvalue weighted by Gasteiger charge is 2.25. The molecular formula is C24H27N3O4S. The molecule has 0 aliphatic heterocycles. The van der Waals surface area contributed by atoms with E-state index in [2.05, 4.69) is 16.9 Å². The number of nitrogens with zero attached hydrogens (tertiary/aromatic N) is 2. The SMILES string of the molecule is C=CCOC(=O)c1sc(NC(=O)C(CC)n2c(=O)cc(C)c3cc(C)cc(C)c32)nc1C. The Hall–Kier alpha value is -3.26. The van der Waals surface area contributed by atoms with Crippen LogP contribution in [0.3, 0.4) is 0 Å². The van der Waals surface area contributed by atoms with E-state index in [4.69, 9.17) is 4.74 Å². The number of pyridine rings is 1. The summed E-state index contributed by atoms with van der Waals surface area (Å²) in [5, 5.41) is 4.02. The van der Waals surface area contributed by atoms with E-state index < -0.39 is 12.0 Å². The second kappa shape index (κ2) is 9.48. The normalized spacial score (nSPS) is 11.9. The Kier molecular flexibility index (Phi) is 6.93. The lowest BCUT2D eigenvalue weighted by molar-refractivity contribution is -0.119. The van der Waals surface area contributed by atoms with Crippen LogP contribution in [0.25, 0.3) is 10.9 Å². The average Bonchev–Trinajstić information content (AvgIpc) is 3.09. The summed E-state index contributed by atoms with van der Waals surface area (Å²) in [5.41, 5.74) is 3.90. The fourth-order valence-corrected chi connectivity index (χ4v) is 4.71. The number of rotatable bonds is 7. The van der Waals surface area contributed by atoms with Crippen molar-refractivity contribution in [3.8, 4) is 0 Å². The number of anilines is 1. The van der Waals surface area contributed by atoms with Crippen LogP contribution in [0.5, 0.6) is 0 Å². The van der Waals surface area contributed by atoms with Crippen molar-refractivity contribution in [1.29, 1.82) is 0 Å². The zero-order chi connectivity index (χ0) is 23.6. The predicted molar refractivity (Wildman–Crippen MR) is 128 cm³/mol. The van der Waals surface area contributed by atoms with E-state index in [0.29, 0.717) is 17.0 Å². The molecule has 2 aromatic heterocycles. The molecule has 8 heteroatoms. The molecule has 3 rings (SSSR count). The number of carbonyl (C=O) groups is 2. The zero-order valence-corrected chi connectivity index (χ0v) is 19.8. The Labute approximate surface area is 190 Å². The van der Waals surface area contributed by atoms with Gasteiger partial charge in [-0.1, -0.05) is 42.5 Å². The number of fused-ring (bicyclic) bond motifs is 1. The van der Waals surface area contributed by atoms with Crippen LogP contribution in [-0.4, -0.2) is 28.0 Å². The molecule has 0 bridgehead atoms. The highest BCUT2D eigenvalue weighted by atomic mass is 32.1. The highest BCUT2D eigenvalue weighted by molar-refractivity contribution is 7.17. The molecule has 0 fully saturated rings. The number of amides is 1. The number of benzene rings is 1. The third-order valence-electron chi connectivity index (χ3n) is 5.23. The molecular weight excluding hydrogens is 426 g/mol. The fourth-order valence-electron chi connectivity index (χ4n) is 3.85. The largest absolute Gasteiger partial charge is 0.457 e. The van der Waals surface area contributed by atoms with E-state index in [1.807, 2.05) is 39.8 Å². The molecule has 1 aromatic carbocycles. The van der Waals surface area contributed by atoms with Crippen LogP contribution in [0, 0.1) is 27.7 Å². The summed E-state index contributed by atoms with van der Waals surface area (Å²) in [6.45, 7) is 13.0. The summed E-state index contributed by atoms with van der Waals surface area (Å²) in [7, 11) is 0. The van der Waals surface area contributed by atoms with Gasteiger partial charge in [0, 0.05) is 11.5 Å². The van der Waals surface area contributed by atoms with E-state index in [1.54, 1.807) is 17.6 Å². The average molecular weight is 454 g/mol. The Balaban J connectivity index is 1.99. The zero-order valence-electron chi connectivity index (χ0n) is 18.9. The van der Waals surface area contributed by atoms with Crippen molar-refractivity contribution in [2.45, 2.75) is 47.1 Å². The van der Waals surface area contributed by atoms with Crippen molar-refractivity contribution in [3.05, 3.63) is 68.5 Å². The van der Waals surface area contributed by atoms with Gasteiger partial charge in [0.2, 0.25) is 5.91 Å². The molecule has 0 aliphatic rings. The van der Waals surface area contributed by atoms with Gasteiger partial charge in [0.05, 0.1) is 11.2 Å². The second-order valence-corrected chi connectivity index (χ2v) is 8.75. The van der Waals surface area contributed by atoms with Crippen molar-refractivity contribution in [2.75, 3.05) is 11.9 Å². The lowest BCUT2D eigenvalue weighted by Crippen LogP contribution is -2.33. The topological polar surface area (TPSA) is 90.3 Å². The Morgan fingerprint density at radius 2 is 1.94 bits per heavy atom. The van der Waals surface area contributed by atoms with Crippen LogP contribution in [-0.2, 0) is 9.53 Å². The summed E-state index contributed by atoms with van der Waals surface area (Å²) in [6.07, 6.45) is 1.89. The van der Waals surface area contributed by atoms with E-state index in [-0.39, 0.29) is 23.2 Å². The summed E-state index contributed by atoms with van der Waals surface area (Å²) in [4.78, 5) is 43.0. The van der Waals surface area contributed by atoms with Crippen molar-refractivity contribution < 1.29 is 14.3 Å². The molecule has 3 aromatic rings. The predicted octanol–water partition coefficient (Wildman–Crippen LogP) is 4.62. The number of hydrogen-bond acceptors (Lipinski definition) is 6. The molecule has 1 amide bonds. The van der Waals surface area contributed by atoms with Crippen molar-refractivity contribution in [1.82, 2.24) is 9.55 Å². The summed E-state index contributed by atoms with van der Waals surface area (Å²) >= 11 is 1.05. The molecule has 1 atom stereocenters. The number of ether oxygens (including phenoxy) is 1. The number of aromatic nitrogens is 2. The van der Waals surface area contributed by atoms with Gasteiger partial charge in [-0.3, -0.25) is 14.2 Å². The first kappa shape index (κ1) is 23.4. The quantitative estimate of drug-likeness (QED) is 0.416. The van der Waals surface area contributed by atoms with Crippen molar-refractivity contribution >= 4 is 39.2 Å². The molecule has 0 saturated carbocycles. The lowest BCUT2D eigenvalue weighted by Gasteiger charge is -2.22. The first-order chi connectivity index (χ1) is 15.2. The van der Waals surface area contributed by atoms with E-state index in [1.165, 1.54) is 6.08 Å². The molecule has 7 nitrogen and oxygen atoms in total. The van der Waals surface area contributed by atoms with E-state index in [0.717, 1.165) is 38.9 Å². The van der Waals surface area contributed by atoms with Gasteiger partial charge in [0.15, 0.2) is 5.13 Å². The number of thiazole rings is 1. The van der Waals surface area contributed by atoms with Gasteiger partial charge in [-0.05, 0) is 51.3 Å². The lowest BCUT2D eigenvalue weighted by atomic mass is 10.0. The molecule has 0 aliphatic carbocycles. The third-order valence-corrected chi connectivity index (χ3v) is 6.29. The van der Waals surface area contributed by atoms with Gasteiger partial charge >= 0.3 is 5.97 Å². The molecule has 32 heavy (non-hydrogen) atoms. The minimum Gasteiger partial charge on any atom is -0.457 e. The number of hydrogen-bond donors (Lipinski definition) is 1. The Bertz CT molecular complexity index is 1270. The third kappa shape index (κ3) is 4.50. The monoisotopic (exact) mass is 453 g/mol. The first-order valence-electron chi connectivity index (χ1n) is 10.4. The number of esters is 1. The standard InChI is InChI=1S/C24H27N3O4S/c1-7-9-31-23(30)21-16(6)25-24(32-21)26-22(29)18(8-2)27-19(28)12-14(4)17-11-13(3)10-15(5)20(17)27/h7,10-12,18H,1,8-9H2,2-6H3,(H,25,26,29). The summed E-state index contributed by atoms with van der Waals surface area (Å²) < 4.78 is 6.63. The Morgan fingerprint density at radius 3 is 2.59 bits per heavy atom. The molecule has 1 unspecified atom stereocenters. The minimum absolute atomic E-state index is 0.0953. The Morgan fingerprint density at radius 1 is 1.22 bits per heavy atom. The smallest absolute Gasteiger partial charge is 0.350 e. The van der Waals surface area contributed by atoms with Crippen LogP contribution in [0.2, 0.25) is 0 Å². The van der Waals surface area contributed by atoms with Gasteiger partial charge < -0.3 is 10.1 Å². The highest BCUT2D eigenvalue weighted by Crippen LogP contribution is 2.28. The second-order valence-electron chi connectivity index (χ2n) is 7.75. The van der Waals surface area contributed by atoms with E-state index in [9.17, 15) is 14.4 Å². The van der Waals surface area contributed by atoms with Gasteiger partial charge in [-0.2, -0.15) is 0 Å². The fraction of sp³-hybridized carbons (Fsp3) is 0.333. The van der Waals surface area contributed by atoms with Gasteiger partial charge in [0.25, 0.3) is 5.56 Å². The van der Waals surface area contributed by atoms with E-state index >= 15 is 0 Å². The van der Waals surface area contributed by atoms with Crippen LogP contribution in [0.1, 0.15) is 51.4 Å². The van der Waals surface area contributed by atoms with Crippen molar-refractivity contribution in [2.24, 2.45) is 0 Å². The number of nitrogens with one attached hydrogen (secondary N) is 1. The first-order valence-corrected chi connectivity index (χ1v) is 11.2. The molecule has 0 saturated heterocycles. The molecule has 0 spiro atoms. The van der Waals surface area contributed by atoms with Crippen LogP contribution < -0.4 is 10.9 Å². The van der Waals surface area contributed by atoms with Gasteiger partial charge in [0.1, 0.15) is 17.5 Å². The van der Waals surface area contributed by atoms with Crippen LogP contribution >= 0.6 is 11.3 Å². The van der Waals surface area contributed by atoms with Crippen LogP contribution in [0.4, 0.5) is 5.13 Å². The van der Waals surface area contributed by atoms with Gasteiger partial charge in [-0.15, -0.1) is 0 Å². The molecule has 168 valence electrons. The summed E-state index contributed by atoms with van der Waals surface area (Å²) in [5.74, 6) is -0.876. The maximum atomic E-state index is 13.2. The van der Waals surface area contributed by atoms with Gasteiger partial charge in [-0.25, -0.2) is 9.78 Å². The van der Waals surface area contributed by atoms with Crippen LogP contribution in [0.15, 0.2) is 35.6 Å². The number of carbonyl (C=O) groups excluding carboxylic acids is 2. The maximum absolute atomic E-state index is 13.2. The van der Waals surface area contributed by atoms with Crippen molar-refractivity contribution in [3.63, 3.8) is 0 Å². The summed E-state index contributed by atoms with van der Waals surface area (Å²) in [6, 6.07) is 4.88. The molecule has 2 heterocycles. The minimum atomic E-state index is -0.729. The number of aryl methyl sites for hydroxylation is 4.